The average Bonchev–Trinajstić information content (AvgIpc) is 2.45. The summed E-state index contributed by atoms with van der Waals surface area (Å²) in [5.41, 5.74) is 5.19. The van der Waals surface area contributed by atoms with Crippen LogP contribution in [0.5, 0.6) is 5.75 Å². The van der Waals surface area contributed by atoms with Crippen LogP contribution in [-0.2, 0) is 0 Å². The predicted octanol–water partition coefficient (Wildman–Crippen LogP) is 4.81. The van der Waals surface area contributed by atoms with Crippen LogP contribution in [-0.4, -0.2) is 5.11 Å². The van der Waals surface area contributed by atoms with Crippen molar-refractivity contribution in [1.29, 1.82) is 0 Å². The van der Waals surface area contributed by atoms with Crippen LogP contribution in [0, 0.1) is 13.8 Å². The summed E-state index contributed by atoms with van der Waals surface area (Å²) >= 11 is 0. The molecule has 0 saturated heterocycles. The highest BCUT2D eigenvalue weighted by molar-refractivity contribution is 5.33. The summed E-state index contributed by atoms with van der Waals surface area (Å²) in [6.07, 6.45) is 1.01. The Kier molecular flexibility index (Phi) is 5.03. The van der Waals surface area contributed by atoms with Gasteiger partial charge < -0.3 is 10.4 Å². The third-order valence-corrected chi connectivity index (χ3v) is 4.05. The Bertz CT molecular complexity index is 589. The number of hydrogen-bond donors (Lipinski definition) is 2. The van der Waals surface area contributed by atoms with Crippen LogP contribution in [0.1, 0.15) is 54.6 Å². The summed E-state index contributed by atoms with van der Waals surface area (Å²) in [7, 11) is 0. The average molecular weight is 283 g/mol. The summed E-state index contributed by atoms with van der Waals surface area (Å²) in [6.45, 7) is 8.68. The highest BCUT2D eigenvalue weighted by Gasteiger charge is 2.15. The standard InChI is InChI=1S/C19H25NO/c1-5-19(16-7-9-17(21)10-8-16)20-15(4)18-11-6-13(2)12-14(18)3/h6-12,15,19-21H,5H2,1-4H3. The molecule has 2 atom stereocenters. The first kappa shape index (κ1) is 15.6. The van der Waals surface area contributed by atoms with Crippen LogP contribution in [0.2, 0.25) is 0 Å². The van der Waals surface area contributed by atoms with E-state index in [1.807, 2.05) is 12.1 Å². The van der Waals surface area contributed by atoms with Crippen molar-refractivity contribution in [2.75, 3.05) is 0 Å². The van der Waals surface area contributed by atoms with E-state index in [0.29, 0.717) is 17.8 Å². The molecule has 0 amide bonds. The number of phenolic OH excluding ortho intramolecular Hbond substituents is 1. The minimum atomic E-state index is 0.293. The van der Waals surface area contributed by atoms with E-state index in [2.05, 4.69) is 51.2 Å². The molecule has 0 spiro atoms. The van der Waals surface area contributed by atoms with Crippen LogP contribution in [0.25, 0.3) is 0 Å². The lowest BCUT2D eigenvalue weighted by Crippen LogP contribution is -2.24. The van der Waals surface area contributed by atoms with Gasteiger partial charge in [0.25, 0.3) is 0 Å². The Morgan fingerprint density at radius 3 is 2.29 bits per heavy atom. The quantitative estimate of drug-likeness (QED) is 0.825. The molecule has 2 N–H and O–H groups in total. The van der Waals surface area contributed by atoms with Gasteiger partial charge in [0.2, 0.25) is 0 Å². The highest BCUT2D eigenvalue weighted by Crippen LogP contribution is 2.25. The maximum absolute atomic E-state index is 9.41. The minimum absolute atomic E-state index is 0.293. The molecule has 2 aromatic rings. The van der Waals surface area contributed by atoms with Crippen molar-refractivity contribution in [3.05, 3.63) is 64.7 Å². The summed E-state index contributed by atoms with van der Waals surface area (Å²) in [4.78, 5) is 0. The highest BCUT2D eigenvalue weighted by atomic mass is 16.3. The number of aryl methyl sites for hydroxylation is 2. The maximum Gasteiger partial charge on any atom is 0.115 e. The molecule has 0 bridgehead atoms. The molecule has 112 valence electrons. The fourth-order valence-corrected chi connectivity index (χ4v) is 2.86. The van der Waals surface area contributed by atoms with E-state index in [-0.39, 0.29) is 0 Å². The zero-order valence-corrected chi connectivity index (χ0v) is 13.4. The van der Waals surface area contributed by atoms with E-state index in [0.717, 1.165) is 6.42 Å². The summed E-state index contributed by atoms with van der Waals surface area (Å²) in [5, 5.41) is 13.1. The van der Waals surface area contributed by atoms with Crippen LogP contribution in [0.3, 0.4) is 0 Å². The van der Waals surface area contributed by atoms with Gasteiger partial charge in [0, 0.05) is 12.1 Å². The maximum atomic E-state index is 9.41. The second-order valence-electron chi connectivity index (χ2n) is 5.80. The molecule has 0 saturated carbocycles. The van der Waals surface area contributed by atoms with Crippen molar-refractivity contribution in [2.45, 2.75) is 46.2 Å². The minimum Gasteiger partial charge on any atom is -0.508 e. The van der Waals surface area contributed by atoms with Gasteiger partial charge in [-0.05, 0) is 56.0 Å². The Balaban J connectivity index is 2.15. The zero-order valence-electron chi connectivity index (χ0n) is 13.4. The Hall–Kier alpha value is -1.80. The summed E-state index contributed by atoms with van der Waals surface area (Å²) < 4.78 is 0. The van der Waals surface area contributed by atoms with Crippen molar-refractivity contribution in [3.63, 3.8) is 0 Å². The molecule has 2 rings (SSSR count). The first-order chi connectivity index (χ1) is 10.0. The molecule has 0 heterocycles. The number of phenols is 1. The Morgan fingerprint density at radius 2 is 1.71 bits per heavy atom. The Labute approximate surface area is 127 Å². The fourth-order valence-electron chi connectivity index (χ4n) is 2.86. The third-order valence-electron chi connectivity index (χ3n) is 4.05. The van der Waals surface area contributed by atoms with Gasteiger partial charge in [-0.25, -0.2) is 0 Å². The number of benzene rings is 2. The van der Waals surface area contributed by atoms with E-state index >= 15 is 0 Å². The molecule has 0 radical (unpaired) electrons. The molecule has 2 unspecified atom stereocenters. The SMILES string of the molecule is CCC(NC(C)c1ccc(C)cc1C)c1ccc(O)cc1. The van der Waals surface area contributed by atoms with Gasteiger partial charge in [-0.15, -0.1) is 0 Å². The molecule has 0 aliphatic rings. The normalized spacial score (nSPS) is 13.9. The number of aromatic hydroxyl groups is 1. The van der Waals surface area contributed by atoms with Crippen LogP contribution in [0.15, 0.2) is 42.5 Å². The second kappa shape index (κ2) is 6.77. The molecule has 0 fully saturated rings. The van der Waals surface area contributed by atoms with E-state index in [4.69, 9.17) is 0 Å². The van der Waals surface area contributed by atoms with Crippen LogP contribution >= 0.6 is 0 Å². The molecular formula is C19H25NO. The van der Waals surface area contributed by atoms with Crippen LogP contribution in [0.4, 0.5) is 0 Å². The lowest BCUT2D eigenvalue weighted by atomic mass is 9.97. The summed E-state index contributed by atoms with van der Waals surface area (Å²) in [6, 6.07) is 14.7. The van der Waals surface area contributed by atoms with Gasteiger partial charge in [-0.1, -0.05) is 42.8 Å². The zero-order chi connectivity index (χ0) is 15.4. The van der Waals surface area contributed by atoms with Gasteiger partial charge in [-0.2, -0.15) is 0 Å². The molecule has 2 aromatic carbocycles. The first-order valence-electron chi connectivity index (χ1n) is 7.63. The van der Waals surface area contributed by atoms with Gasteiger partial charge in [0.1, 0.15) is 5.75 Å². The van der Waals surface area contributed by atoms with Crippen LogP contribution < -0.4 is 5.32 Å². The van der Waals surface area contributed by atoms with Crippen molar-refractivity contribution in [2.24, 2.45) is 0 Å². The van der Waals surface area contributed by atoms with Gasteiger partial charge in [-0.3, -0.25) is 0 Å². The molecule has 21 heavy (non-hydrogen) atoms. The molecule has 0 aromatic heterocycles. The predicted molar refractivity (Wildman–Crippen MR) is 88.6 cm³/mol. The largest absolute Gasteiger partial charge is 0.508 e. The Morgan fingerprint density at radius 1 is 1.05 bits per heavy atom. The number of nitrogens with one attached hydrogen (secondary N) is 1. The number of rotatable bonds is 5. The van der Waals surface area contributed by atoms with Gasteiger partial charge in [0.05, 0.1) is 0 Å². The van der Waals surface area contributed by atoms with E-state index in [9.17, 15) is 5.11 Å². The third kappa shape index (κ3) is 3.85. The van der Waals surface area contributed by atoms with Crippen molar-refractivity contribution in [1.82, 2.24) is 5.32 Å². The van der Waals surface area contributed by atoms with Crippen molar-refractivity contribution in [3.8, 4) is 5.75 Å². The first-order valence-corrected chi connectivity index (χ1v) is 7.63. The van der Waals surface area contributed by atoms with Gasteiger partial charge >= 0.3 is 0 Å². The van der Waals surface area contributed by atoms with Crippen molar-refractivity contribution >= 4 is 0 Å². The molecular weight excluding hydrogens is 258 g/mol. The molecule has 2 heteroatoms. The van der Waals surface area contributed by atoms with Gasteiger partial charge in [0.15, 0.2) is 0 Å². The number of hydrogen-bond acceptors (Lipinski definition) is 2. The van der Waals surface area contributed by atoms with E-state index in [1.165, 1.54) is 22.3 Å². The fraction of sp³-hybridized carbons (Fsp3) is 0.368. The molecule has 0 aliphatic heterocycles. The monoisotopic (exact) mass is 283 g/mol. The van der Waals surface area contributed by atoms with Crippen molar-refractivity contribution < 1.29 is 5.11 Å². The smallest absolute Gasteiger partial charge is 0.115 e. The summed E-state index contributed by atoms with van der Waals surface area (Å²) in [5.74, 6) is 0.316. The topological polar surface area (TPSA) is 32.3 Å². The second-order valence-corrected chi connectivity index (χ2v) is 5.80. The molecule has 2 nitrogen and oxygen atoms in total. The van der Waals surface area contributed by atoms with E-state index < -0.39 is 0 Å². The molecule has 0 aliphatic carbocycles. The van der Waals surface area contributed by atoms with E-state index in [1.54, 1.807) is 12.1 Å². The lowest BCUT2D eigenvalue weighted by molar-refractivity contribution is 0.452. The lowest BCUT2D eigenvalue weighted by Gasteiger charge is -2.24.